The highest BCUT2D eigenvalue weighted by atomic mass is 16.1. The van der Waals surface area contributed by atoms with E-state index < -0.39 is 0 Å². The Bertz CT molecular complexity index is 888. The van der Waals surface area contributed by atoms with Crippen molar-refractivity contribution >= 4 is 16.8 Å². The molecule has 3 N–H and O–H groups in total. The minimum Gasteiger partial charge on any atom is -0.352 e. The van der Waals surface area contributed by atoms with Crippen LogP contribution in [0.3, 0.4) is 0 Å². The third-order valence-corrected chi connectivity index (χ3v) is 8.25. The van der Waals surface area contributed by atoms with Crippen molar-refractivity contribution < 1.29 is 4.79 Å². The number of nitrogens with one attached hydrogen (secondary N) is 1. The van der Waals surface area contributed by atoms with Crippen LogP contribution in [0, 0.1) is 11.8 Å². The molecule has 1 saturated carbocycles. The summed E-state index contributed by atoms with van der Waals surface area (Å²) in [7, 11) is 0. The summed E-state index contributed by atoms with van der Waals surface area (Å²) in [5, 5.41) is 4.40. The number of carbonyl (C=O) groups excluding carboxylic acids is 1. The number of amides is 1. The van der Waals surface area contributed by atoms with Crippen LogP contribution in [-0.2, 0) is 11.3 Å². The van der Waals surface area contributed by atoms with Gasteiger partial charge in [0.2, 0.25) is 5.91 Å². The fraction of sp³-hybridized carbons (Fsp3) is 0.679. The fourth-order valence-electron chi connectivity index (χ4n) is 6.09. The van der Waals surface area contributed by atoms with Crippen LogP contribution in [0.5, 0.6) is 0 Å². The van der Waals surface area contributed by atoms with Crippen LogP contribution in [0.25, 0.3) is 10.9 Å². The molecule has 1 saturated heterocycles. The maximum Gasteiger partial charge on any atom is 0.220 e. The normalized spacial score (nSPS) is 22.8. The van der Waals surface area contributed by atoms with Crippen LogP contribution in [-0.4, -0.2) is 41.1 Å². The van der Waals surface area contributed by atoms with Gasteiger partial charge in [0.05, 0.1) is 0 Å². The van der Waals surface area contributed by atoms with Gasteiger partial charge in [-0.2, -0.15) is 0 Å². The number of rotatable bonds is 9. The van der Waals surface area contributed by atoms with Gasteiger partial charge in [0.15, 0.2) is 0 Å². The van der Waals surface area contributed by atoms with Crippen LogP contribution >= 0.6 is 0 Å². The predicted molar refractivity (Wildman–Crippen MR) is 137 cm³/mol. The number of nitrogens with zero attached hydrogens (tertiary/aromatic N) is 2. The van der Waals surface area contributed by atoms with Gasteiger partial charge in [-0.25, -0.2) is 0 Å². The van der Waals surface area contributed by atoms with E-state index in [2.05, 4.69) is 59.1 Å². The SMILES string of the molecule is CC(C)[C@H]1CC[C@@H](N2CCC(n3cc(CNC(=O)CCCCN)c4ccccc43)CC2)CC1. The molecule has 0 unspecified atom stereocenters. The average Bonchev–Trinajstić information content (AvgIpc) is 3.22. The Labute approximate surface area is 200 Å². The predicted octanol–water partition coefficient (Wildman–Crippen LogP) is 5.24. The van der Waals surface area contributed by atoms with E-state index in [1.165, 1.54) is 68.1 Å². The number of carbonyl (C=O) groups is 1. The molecule has 2 aromatic rings. The number of likely N-dealkylation sites (tertiary alicyclic amines) is 1. The molecule has 1 aromatic heterocycles. The summed E-state index contributed by atoms with van der Waals surface area (Å²) < 4.78 is 2.50. The molecule has 1 aliphatic carbocycles. The van der Waals surface area contributed by atoms with Crippen molar-refractivity contribution in [1.82, 2.24) is 14.8 Å². The van der Waals surface area contributed by atoms with E-state index in [0.29, 0.717) is 25.6 Å². The Morgan fingerprint density at radius 2 is 1.76 bits per heavy atom. The standard InChI is InChI=1S/C28H44N4O/c1-21(2)22-10-12-24(13-11-22)31-17-14-25(15-18-31)32-20-23(26-7-3-4-8-27(26)32)19-30-28(33)9-5-6-16-29/h3-4,7-8,20-22,24-25H,5-6,9-19,29H2,1-2H3,(H,30,33)/t22-,24+. The van der Waals surface area contributed by atoms with E-state index in [1.54, 1.807) is 0 Å². The molecular weight excluding hydrogens is 408 g/mol. The van der Waals surface area contributed by atoms with Crippen LogP contribution in [0.2, 0.25) is 0 Å². The van der Waals surface area contributed by atoms with Gasteiger partial charge in [-0.15, -0.1) is 0 Å². The van der Waals surface area contributed by atoms with Gasteiger partial charge >= 0.3 is 0 Å². The smallest absolute Gasteiger partial charge is 0.220 e. The molecule has 0 radical (unpaired) electrons. The quantitative estimate of drug-likeness (QED) is 0.512. The molecular formula is C28H44N4O. The molecule has 1 amide bonds. The monoisotopic (exact) mass is 452 g/mol. The maximum absolute atomic E-state index is 12.2. The summed E-state index contributed by atoms with van der Waals surface area (Å²) in [5.74, 6) is 1.90. The molecule has 1 aromatic carbocycles. The number of nitrogens with two attached hydrogens (primary N) is 1. The molecule has 2 heterocycles. The third kappa shape index (κ3) is 5.99. The van der Waals surface area contributed by atoms with E-state index >= 15 is 0 Å². The zero-order chi connectivity index (χ0) is 23.2. The first-order valence-electron chi connectivity index (χ1n) is 13.4. The van der Waals surface area contributed by atoms with E-state index in [-0.39, 0.29) is 5.91 Å². The van der Waals surface area contributed by atoms with Crippen LogP contribution in [0.4, 0.5) is 0 Å². The van der Waals surface area contributed by atoms with Gasteiger partial charge in [0.25, 0.3) is 0 Å². The Kier molecular flexibility index (Phi) is 8.48. The molecule has 0 atom stereocenters. The fourth-order valence-corrected chi connectivity index (χ4v) is 6.09. The van der Waals surface area contributed by atoms with Gasteiger partial charge in [0, 0.05) is 55.2 Å². The second-order valence-corrected chi connectivity index (χ2v) is 10.7. The Morgan fingerprint density at radius 3 is 2.45 bits per heavy atom. The lowest BCUT2D eigenvalue weighted by molar-refractivity contribution is -0.121. The van der Waals surface area contributed by atoms with E-state index in [4.69, 9.17) is 5.73 Å². The lowest BCUT2D eigenvalue weighted by atomic mass is 9.79. The van der Waals surface area contributed by atoms with Crippen molar-refractivity contribution in [2.75, 3.05) is 19.6 Å². The van der Waals surface area contributed by atoms with Crippen molar-refractivity contribution in [3.8, 4) is 0 Å². The van der Waals surface area contributed by atoms with E-state index in [1.807, 2.05) is 0 Å². The lowest BCUT2D eigenvalue weighted by Crippen LogP contribution is -2.43. The largest absolute Gasteiger partial charge is 0.352 e. The zero-order valence-corrected chi connectivity index (χ0v) is 20.8. The number of unbranched alkanes of at least 4 members (excludes halogenated alkanes) is 1. The summed E-state index contributed by atoms with van der Waals surface area (Å²) in [6, 6.07) is 10.0. The Balaban J connectivity index is 1.36. The second kappa shape index (κ2) is 11.5. The number of fused-ring (bicyclic) bond motifs is 1. The number of aromatic nitrogens is 1. The molecule has 2 fully saturated rings. The van der Waals surface area contributed by atoms with Crippen molar-refractivity contribution in [3.63, 3.8) is 0 Å². The van der Waals surface area contributed by atoms with Gasteiger partial charge < -0.3 is 20.5 Å². The van der Waals surface area contributed by atoms with E-state index in [9.17, 15) is 4.79 Å². The van der Waals surface area contributed by atoms with Gasteiger partial charge in [-0.05, 0) is 81.4 Å². The van der Waals surface area contributed by atoms with Gasteiger partial charge in [0.1, 0.15) is 0 Å². The zero-order valence-electron chi connectivity index (χ0n) is 20.8. The molecule has 33 heavy (non-hydrogen) atoms. The average molecular weight is 453 g/mol. The first-order valence-corrected chi connectivity index (χ1v) is 13.4. The summed E-state index contributed by atoms with van der Waals surface area (Å²) >= 11 is 0. The number of hydrogen-bond acceptors (Lipinski definition) is 3. The van der Waals surface area contributed by atoms with Crippen molar-refractivity contribution in [2.45, 2.75) is 90.3 Å². The number of benzene rings is 1. The van der Waals surface area contributed by atoms with Gasteiger partial charge in [-0.1, -0.05) is 32.0 Å². The molecule has 1 aliphatic heterocycles. The number of hydrogen-bond donors (Lipinski definition) is 2. The lowest BCUT2D eigenvalue weighted by Gasteiger charge is -2.42. The molecule has 2 aliphatic rings. The first-order chi connectivity index (χ1) is 16.1. The van der Waals surface area contributed by atoms with Crippen LogP contribution in [0.1, 0.15) is 83.2 Å². The summed E-state index contributed by atoms with van der Waals surface area (Å²) in [5.41, 5.74) is 8.08. The topological polar surface area (TPSA) is 63.3 Å². The van der Waals surface area contributed by atoms with Crippen molar-refractivity contribution in [1.29, 1.82) is 0 Å². The Morgan fingerprint density at radius 1 is 1.03 bits per heavy atom. The highest BCUT2D eigenvalue weighted by Crippen LogP contribution is 2.35. The third-order valence-electron chi connectivity index (χ3n) is 8.25. The van der Waals surface area contributed by atoms with E-state index in [0.717, 1.165) is 30.7 Å². The molecule has 5 heteroatoms. The summed E-state index contributed by atoms with van der Waals surface area (Å²) in [6.45, 7) is 8.45. The Hall–Kier alpha value is -1.85. The van der Waals surface area contributed by atoms with Crippen molar-refractivity contribution in [3.05, 3.63) is 36.0 Å². The molecule has 0 bridgehead atoms. The molecule has 4 rings (SSSR count). The minimum atomic E-state index is 0.126. The number of para-hydroxylation sites is 1. The minimum absolute atomic E-state index is 0.126. The summed E-state index contributed by atoms with van der Waals surface area (Å²) in [4.78, 5) is 15.0. The maximum atomic E-state index is 12.2. The number of piperidine rings is 1. The highest BCUT2D eigenvalue weighted by Gasteiger charge is 2.30. The van der Waals surface area contributed by atoms with Crippen LogP contribution in [0.15, 0.2) is 30.5 Å². The first kappa shape index (κ1) is 24.3. The summed E-state index contributed by atoms with van der Waals surface area (Å²) in [6.07, 6.45) is 12.7. The van der Waals surface area contributed by atoms with Crippen molar-refractivity contribution in [2.24, 2.45) is 17.6 Å². The molecule has 0 spiro atoms. The second-order valence-electron chi connectivity index (χ2n) is 10.7. The highest BCUT2D eigenvalue weighted by molar-refractivity contribution is 5.85. The van der Waals surface area contributed by atoms with Crippen LogP contribution < -0.4 is 11.1 Å². The molecule has 182 valence electrons. The van der Waals surface area contributed by atoms with Gasteiger partial charge in [-0.3, -0.25) is 4.79 Å². The molecule has 5 nitrogen and oxygen atoms in total.